The van der Waals surface area contributed by atoms with E-state index < -0.39 is 24.6 Å². The first-order chi connectivity index (χ1) is 19.4. The number of hydrogen-bond acceptors (Lipinski definition) is 12. The molecule has 0 bridgehead atoms. The van der Waals surface area contributed by atoms with Crippen molar-refractivity contribution in [2.24, 2.45) is 0 Å². The van der Waals surface area contributed by atoms with Gasteiger partial charge in [0.15, 0.2) is 17.2 Å². The van der Waals surface area contributed by atoms with Crippen LogP contribution in [-0.2, 0) is 11.2 Å². The summed E-state index contributed by atoms with van der Waals surface area (Å²) in [5.41, 5.74) is 1.30. The lowest BCUT2D eigenvalue weighted by Gasteiger charge is -2.32. The van der Waals surface area contributed by atoms with Crippen molar-refractivity contribution >= 4 is 6.08 Å². The molecule has 4 atom stereocenters. The lowest BCUT2D eigenvalue weighted by atomic mass is 10.1. The van der Waals surface area contributed by atoms with E-state index in [4.69, 9.17) is 33.5 Å². The van der Waals surface area contributed by atoms with Gasteiger partial charge in [-0.3, -0.25) is 0 Å². The summed E-state index contributed by atoms with van der Waals surface area (Å²) in [7, 11) is 2.95. The van der Waals surface area contributed by atoms with E-state index in [2.05, 4.69) is 4.89 Å². The zero-order chi connectivity index (χ0) is 29.1. The first kappa shape index (κ1) is 31.3. The van der Waals surface area contributed by atoms with E-state index in [1.54, 1.807) is 37.3 Å². The van der Waals surface area contributed by atoms with E-state index in [1.807, 2.05) is 0 Å². The van der Waals surface area contributed by atoms with Gasteiger partial charge in [-0.05, 0) is 42.3 Å². The minimum atomic E-state index is -0.913. The van der Waals surface area contributed by atoms with Gasteiger partial charge in [-0.25, -0.2) is 5.26 Å². The van der Waals surface area contributed by atoms with Crippen molar-refractivity contribution in [3.05, 3.63) is 41.5 Å². The molecule has 0 spiro atoms. The predicted octanol–water partition coefficient (Wildman–Crippen LogP) is 2.18. The second-order valence-electron chi connectivity index (χ2n) is 9.02. The van der Waals surface area contributed by atoms with Gasteiger partial charge >= 0.3 is 0 Å². The molecule has 0 saturated carbocycles. The maximum atomic E-state index is 10.1. The zero-order valence-electron chi connectivity index (χ0n) is 22.8. The van der Waals surface area contributed by atoms with Crippen LogP contribution in [0, 0.1) is 0 Å². The molecule has 2 aromatic rings. The first-order valence-corrected chi connectivity index (χ1v) is 12.9. The molecular weight excluding hydrogens is 528 g/mol. The molecule has 12 heteroatoms. The standard InChI is InChI=1S/C28H38O12/c1-4-36-24-11-18(12-25(40-33)28(24)39-26-14-19(32)13-21(16-31)37-26)8-20(15-30)38-27-22(34-2)9-17(6-5-7-29)10-23(27)35-3/h5-6,9-12,19-21,26,29-33H,4,7-8,13-16H2,1-3H3/b6-5+. The van der Waals surface area contributed by atoms with Gasteiger partial charge in [-0.2, -0.15) is 0 Å². The van der Waals surface area contributed by atoms with Crippen LogP contribution in [-0.4, -0.2) is 90.9 Å². The monoisotopic (exact) mass is 566 g/mol. The summed E-state index contributed by atoms with van der Waals surface area (Å²) in [6.07, 6.45) is 0.847. The third-order valence-corrected chi connectivity index (χ3v) is 6.13. The Kier molecular flexibility index (Phi) is 12.1. The number of ether oxygens (including phenoxy) is 6. The Bertz CT molecular complexity index is 1080. The van der Waals surface area contributed by atoms with E-state index in [0.717, 1.165) is 5.56 Å². The fraction of sp³-hybridized carbons (Fsp3) is 0.500. The van der Waals surface area contributed by atoms with Gasteiger partial charge < -0.3 is 53.7 Å². The van der Waals surface area contributed by atoms with E-state index in [0.29, 0.717) is 17.1 Å². The minimum absolute atomic E-state index is 0.0558. The van der Waals surface area contributed by atoms with E-state index in [9.17, 15) is 20.6 Å². The van der Waals surface area contributed by atoms with Crippen LogP contribution in [0.1, 0.15) is 30.9 Å². The Morgan fingerprint density at radius 1 is 0.975 bits per heavy atom. The predicted molar refractivity (Wildman–Crippen MR) is 143 cm³/mol. The molecule has 12 nitrogen and oxygen atoms in total. The molecule has 0 aromatic heterocycles. The van der Waals surface area contributed by atoms with E-state index in [-0.39, 0.29) is 68.7 Å². The Hall–Kier alpha value is -3.26. The van der Waals surface area contributed by atoms with Crippen LogP contribution in [0.2, 0.25) is 0 Å². The summed E-state index contributed by atoms with van der Waals surface area (Å²) < 4.78 is 34.4. The molecule has 1 aliphatic heterocycles. The van der Waals surface area contributed by atoms with Crippen molar-refractivity contribution in [1.29, 1.82) is 0 Å². The lowest BCUT2D eigenvalue weighted by Crippen LogP contribution is -2.40. The lowest BCUT2D eigenvalue weighted by molar-refractivity contribution is -0.189. The number of methoxy groups -OCH3 is 2. The summed E-state index contributed by atoms with van der Waals surface area (Å²) in [5.74, 6) is 1.23. The smallest absolute Gasteiger partial charge is 0.211 e. The molecule has 2 aromatic carbocycles. The van der Waals surface area contributed by atoms with Crippen LogP contribution >= 0.6 is 0 Å². The van der Waals surface area contributed by atoms with Crippen molar-refractivity contribution in [3.63, 3.8) is 0 Å². The zero-order valence-corrected chi connectivity index (χ0v) is 22.8. The molecule has 222 valence electrons. The summed E-state index contributed by atoms with van der Waals surface area (Å²) in [5, 5.41) is 48.5. The van der Waals surface area contributed by atoms with Crippen LogP contribution in [0.5, 0.6) is 34.5 Å². The number of benzene rings is 2. The number of hydrogen-bond donors (Lipinski definition) is 5. The number of aliphatic hydroxyl groups excluding tert-OH is 4. The second-order valence-corrected chi connectivity index (χ2v) is 9.02. The number of aliphatic hydroxyl groups is 4. The third kappa shape index (κ3) is 8.13. The fourth-order valence-corrected chi connectivity index (χ4v) is 4.34. The van der Waals surface area contributed by atoms with Crippen molar-refractivity contribution in [1.82, 2.24) is 0 Å². The highest BCUT2D eigenvalue weighted by molar-refractivity contribution is 5.62. The molecule has 4 unspecified atom stereocenters. The van der Waals surface area contributed by atoms with Crippen molar-refractivity contribution in [2.45, 2.75) is 50.8 Å². The average Bonchev–Trinajstić information content (AvgIpc) is 2.96. The highest BCUT2D eigenvalue weighted by Crippen LogP contribution is 2.42. The molecule has 0 radical (unpaired) electrons. The molecule has 5 N–H and O–H groups in total. The van der Waals surface area contributed by atoms with Gasteiger partial charge in [0.1, 0.15) is 6.10 Å². The highest BCUT2D eigenvalue weighted by atomic mass is 17.1. The van der Waals surface area contributed by atoms with Crippen LogP contribution in [0.4, 0.5) is 0 Å². The Morgan fingerprint density at radius 2 is 1.68 bits per heavy atom. The Morgan fingerprint density at radius 3 is 2.25 bits per heavy atom. The van der Waals surface area contributed by atoms with E-state index in [1.165, 1.54) is 20.3 Å². The molecular formula is C28H38O12. The van der Waals surface area contributed by atoms with Crippen molar-refractivity contribution in [2.75, 3.05) is 40.6 Å². The topological polar surface area (TPSA) is 166 Å². The fourth-order valence-electron chi connectivity index (χ4n) is 4.34. The summed E-state index contributed by atoms with van der Waals surface area (Å²) in [6, 6.07) is 6.58. The van der Waals surface area contributed by atoms with Crippen LogP contribution in [0.3, 0.4) is 0 Å². The van der Waals surface area contributed by atoms with Gasteiger partial charge in [-0.1, -0.05) is 12.2 Å². The van der Waals surface area contributed by atoms with Gasteiger partial charge in [-0.15, -0.1) is 0 Å². The molecule has 3 rings (SSSR count). The van der Waals surface area contributed by atoms with E-state index >= 15 is 0 Å². The third-order valence-electron chi connectivity index (χ3n) is 6.13. The SMILES string of the molecule is CCOc1cc(CC(CO)Oc2c(OC)cc(/C=C/CO)cc2OC)cc(OO)c1OC1CC(O)CC(CO)O1. The summed E-state index contributed by atoms with van der Waals surface area (Å²) >= 11 is 0. The van der Waals surface area contributed by atoms with Gasteiger partial charge in [0.25, 0.3) is 0 Å². The molecule has 1 saturated heterocycles. The Labute approximate surface area is 232 Å². The average molecular weight is 567 g/mol. The second kappa shape index (κ2) is 15.5. The molecule has 40 heavy (non-hydrogen) atoms. The van der Waals surface area contributed by atoms with Gasteiger partial charge in [0.05, 0.1) is 52.9 Å². The Balaban J connectivity index is 1.88. The minimum Gasteiger partial charge on any atom is -0.493 e. The normalized spacial score (nSPS) is 19.8. The molecule has 1 fully saturated rings. The molecule has 1 heterocycles. The summed E-state index contributed by atoms with van der Waals surface area (Å²) in [4.78, 5) is 4.61. The van der Waals surface area contributed by atoms with Crippen molar-refractivity contribution < 1.29 is 59.0 Å². The van der Waals surface area contributed by atoms with Crippen LogP contribution in [0.15, 0.2) is 30.3 Å². The van der Waals surface area contributed by atoms with Crippen molar-refractivity contribution in [3.8, 4) is 34.5 Å². The molecule has 0 aliphatic carbocycles. The molecule has 1 aliphatic rings. The van der Waals surface area contributed by atoms with Crippen LogP contribution < -0.4 is 28.6 Å². The maximum absolute atomic E-state index is 10.1. The molecule has 0 amide bonds. The first-order valence-electron chi connectivity index (χ1n) is 12.9. The highest BCUT2D eigenvalue weighted by Gasteiger charge is 2.31. The van der Waals surface area contributed by atoms with Crippen LogP contribution in [0.25, 0.3) is 6.08 Å². The largest absolute Gasteiger partial charge is 0.493 e. The van der Waals surface area contributed by atoms with Gasteiger partial charge in [0.2, 0.25) is 23.5 Å². The maximum Gasteiger partial charge on any atom is 0.211 e. The number of rotatable bonds is 15. The summed E-state index contributed by atoms with van der Waals surface area (Å²) in [6.45, 7) is 1.27. The quantitative estimate of drug-likeness (QED) is 0.158. The van der Waals surface area contributed by atoms with Gasteiger partial charge in [0, 0.05) is 19.3 Å².